The molecule has 0 saturated heterocycles. The summed E-state index contributed by atoms with van der Waals surface area (Å²) in [5.74, 6) is -0.0298. The highest BCUT2D eigenvalue weighted by Gasteiger charge is 2.08. The minimum atomic E-state index is -0.336. The fourth-order valence-corrected chi connectivity index (χ4v) is 3.02. The molecule has 2 N–H and O–H groups in total. The van der Waals surface area contributed by atoms with Crippen molar-refractivity contribution in [2.75, 3.05) is 12.3 Å². The molecule has 0 aliphatic rings. The Labute approximate surface area is 132 Å². The summed E-state index contributed by atoms with van der Waals surface area (Å²) < 4.78 is 20.6. The molecule has 3 aromatic rings. The van der Waals surface area contributed by atoms with Gasteiger partial charge in [0.05, 0.1) is 16.8 Å². The zero-order valence-corrected chi connectivity index (χ0v) is 13.1. The summed E-state index contributed by atoms with van der Waals surface area (Å²) in [5, 5.41) is 0.540. The van der Waals surface area contributed by atoms with E-state index in [1.54, 1.807) is 6.07 Å². The second-order valence-electron chi connectivity index (χ2n) is 5.08. The average molecular weight is 316 g/mol. The number of ether oxygens (including phenoxy) is 1. The summed E-state index contributed by atoms with van der Waals surface area (Å²) in [5.41, 5.74) is 8.33. The Hall–Kier alpha value is -2.14. The number of hydrogen-bond acceptors (Lipinski definition) is 4. The molecule has 0 radical (unpaired) electrons. The number of halogens is 1. The van der Waals surface area contributed by atoms with E-state index >= 15 is 0 Å². The molecule has 0 bridgehead atoms. The summed E-state index contributed by atoms with van der Waals surface area (Å²) in [6, 6.07) is 10.9. The number of benzene rings is 2. The van der Waals surface area contributed by atoms with Crippen molar-refractivity contribution in [1.29, 1.82) is 0 Å². The third kappa shape index (κ3) is 3.04. The fraction of sp³-hybridized carbons (Fsp3) is 0.235. The van der Waals surface area contributed by atoms with Crippen LogP contribution in [0.15, 0.2) is 36.4 Å². The molecule has 3 rings (SSSR count). The molecular weight excluding hydrogens is 299 g/mol. The van der Waals surface area contributed by atoms with Crippen LogP contribution in [0.2, 0.25) is 0 Å². The third-order valence-corrected chi connectivity index (χ3v) is 4.27. The van der Waals surface area contributed by atoms with Crippen LogP contribution in [-0.2, 0) is 0 Å². The highest BCUT2D eigenvalue weighted by atomic mass is 32.1. The van der Waals surface area contributed by atoms with E-state index in [9.17, 15) is 4.39 Å². The Kier molecular flexibility index (Phi) is 4.24. The van der Waals surface area contributed by atoms with E-state index in [2.05, 4.69) is 11.9 Å². The van der Waals surface area contributed by atoms with E-state index in [1.165, 1.54) is 17.4 Å². The van der Waals surface area contributed by atoms with Gasteiger partial charge in [0.2, 0.25) is 0 Å². The maximum absolute atomic E-state index is 14.1. The molecular formula is C17H17FN2OS. The standard InChI is InChI=1S/C17H17FN2OS/c1-2-3-8-21-15-7-5-11(9-13(15)18)12-4-6-14-16(10-12)22-17(19)20-14/h4-7,9-10H,2-3,8H2,1H3,(H2,19,20). The molecule has 0 fully saturated rings. The number of nitrogen functional groups attached to an aromatic ring is 1. The molecule has 5 heteroatoms. The van der Waals surface area contributed by atoms with Crippen LogP contribution >= 0.6 is 11.3 Å². The number of anilines is 1. The van der Waals surface area contributed by atoms with E-state index < -0.39 is 0 Å². The molecule has 3 nitrogen and oxygen atoms in total. The van der Waals surface area contributed by atoms with Crippen LogP contribution in [0, 0.1) is 5.82 Å². The topological polar surface area (TPSA) is 48.1 Å². The number of thiazole rings is 1. The summed E-state index contributed by atoms with van der Waals surface area (Å²) in [6.07, 6.45) is 1.95. The van der Waals surface area contributed by atoms with E-state index in [4.69, 9.17) is 10.5 Å². The molecule has 0 unspecified atom stereocenters. The number of rotatable bonds is 5. The summed E-state index contributed by atoms with van der Waals surface area (Å²) >= 11 is 1.43. The van der Waals surface area contributed by atoms with Crippen LogP contribution in [0.1, 0.15) is 19.8 Å². The Morgan fingerprint density at radius 3 is 2.73 bits per heavy atom. The van der Waals surface area contributed by atoms with Crippen molar-refractivity contribution in [2.45, 2.75) is 19.8 Å². The van der Waals surface area contributed by atoms with Crippen molar-refractivity contribution in [3.8, 4) is 16.9 Å². The normalized spacial score (nSPS) is 11.0. The van der Waals surface area contributed by atoms with Gasteiger partial charge in [0, 0.05) is 0 Å². The largest absolute Gasteiger partial charge is 0.491 e. The summed E-state index contributed by atoms with van der Waals surface area (Å²) in [4.78, 5) is 4.22. The second-order valence-corrected chi connectivity index (χ2v) is 6.14. The maximum Gasteiger partial charge on any atom is 0.181 e. The van der Waals surface area contributed by atoms with Gasteiger partial charge < -0.3 is 10.5 Å². The van der Waals surface area contributed by atoms with Crippen LogP contribution < -0.4 is 10.5 Å². The van der Waals surface area contributed by atoms with Gasteiger partial charge in [-0.05, 0) is 41.8 Å². The van der Waals surface area contributed by atoms with Gasteiger partial charge in [0.25, 0.3) is 0 Å². The number of nitrogens with zero attached hydrogens (tertiary/aromatic N) is 1. The van der Waals surface area contributed by atoms with Gasteiger partial charge in [-0.2, -0.15) is 0 Å². The first kappa shape index (κ1) is 14.8. The van der Waals surface area contributed by atoms with Crippen LogP contribution in [0.5, 0.6) is 5.75 Å². The lowest BCUT2D eigenvalue weighted by Crippen LogP contribution is -1.98. The van der Waals surface area contributed by atoms with Gasteiger partial charge in [0.15, 0.2) is 16.7 Å². The zero-order valence-electron chi connectivity index (χ0n) is 12.3. The third-order valence-electron chi connectivity index (χ3n) is 3.43. The van der Waals surface area contributed by atoms with Crippen molar-refractivity contribution < 1.29 is 9.13 Å². The van der Waals surface area contributed by atoms with Crippen LogP contribution in [0.3, 0.4) is 0 Å². The Balaban J connectivity index is 1.88. The number of aromatic nitrogens is 1. The summed E-state index contributed by atoms with van der Waals surface area (Å²) in [7, 11) is 0. The second kappa shape index (κ2) is 6.32. The highest BCUT2D eigenvalue weighted by Crippen LogP contribution is 2.31. The predicted octanol–water partition coefficient (Wildman–Crippen LogP) is 4.86. The number of fused-ring (bicyclic) bond motifs is 1. The quantitative estimate of drug-likeness (QED) is 0.684. The minimum Gasteiger partial charge on any atom is -0.491 e. The van der Waals surface area contributed by atoms with Gasteiger partial charge in [-0.1, -0.05) is 36.8 Å². The van der Waals surface area contributed by atoms with Crippen molar-refractivity contribution in [3.05, 3.63) is 42.2 Å². The molecule has 0 saturated carbocycles. The molecule has 0 spiro atoms. The smallest absolute Gasteiger partial charge is 0.181 e. The lowest BCUT2D eigenvalue weighted by molar-refractivity contribution is 0.294. The highest BCUT2D eigenvalue weighted by molar-refractivity contribution is 7.22. The minimum absolute atomic E-state index is 0.306. The van der Waals surface area contributed by atoms with Crippen molar-refractivity contribution in [1.82, 2.24) is 4.98 Å². The maximum atomic E-state index is 14.1. The molecule has 0 atom stereocenters. The number of unbranched alkanes of at least 4 members (excludes halogenated alkanes) is 1. The van der Waals surface area contributed by atoms with Crippen molar-refractivity contribution in [3.63, 3.8) is 0 Å². The Morgan fingerprint density at radius 1 is 1.18 bits per heavy atom. The van der Waals surface area contributed by atoms with Crippen LogP contribution in [0.4, 0.5) is 9.52 Å². The van der Waals surface area contributed by atoms with Gasteiger partial charge >= 0.3 is 0 Å². The van der Waals surface area contributed by atoms with Crippen LogP contribution in [-0.4, -0.2) is 11.6 Å². The van der Waals surface area contributed by atoms with Gasteiger partial charge in [-0.3, -0.25) is 0 Å². The lowest BCUT2D eigenvalue weighted by Gasteiger charge is -2.08. The monoisotopic (exact) mass is 316 g/mol. The Morgan fingerprint density at radius 2 is 1.95 bits per heavy atom. The molecule has 2 aromatic carbocycles. The van der Waals surface area contributed by atoms with Gasteiger partial charge in [0.1, 0.15) is 0 Å². The molecule has 22 heavy (non-hydrogen) atoms. The van der Waals surface area contributed by atoms with Crippen LogP contribution in [0.25, 0.3) is 21.3 Å². The number of hydrogen-bond donors (Lipinski definition) is 1. The summed E-state index contributed by atoms with van der Waals surface area (Å²) in [6.45, 7) is 2.62. The van der Waals surface area contributed by atoms with E-state index in [0.29, 0.717) is 17.5 Å². The lowest BCUT2D eigenvalue weighted by atomic mass is 10.1. The van der Waals surface area contributed by atoms with E-state index in [1.807, 2.05) is 24.3 Å². The zero-order chi connectivity index (χ0) is 15.5. The van der Waals surface area contributed by atoms with Crippen molar-refractivity contribution in [2.24, 2.45) is 0 Å². The van der Waals surface area contributed by atoms with Gasteiger partial charge in [-0.25, -0.2) is 9.37 Å². The number of nitrogens with two attached hydrogens (primary N) is 1. The molecule has 1 aromatic heterocycles. The SMILES string of the molecule is CCCCOc1ccc(-c2ccc3nc(N)sc3c2)cc1F. The first-order valence-electron chi connectivity index (χ1n) is 7.26. The van der Waals surface area contributed by atoms with E-state index in [0.717, 1.165) is 34.2 Å². The molecule has 0 aliphatic carbocycles. The molecule has 114 valence electrons. The predicted molar refractivity (Wildman–Crippen MR) is 89.8 cm³/mol. The van der Waals surface area contributed by atoms with Gasteiger partial charge in [-0.15, -0.1) is 0 Å². The Bertz CT molecular complexity index is 800. The first-order chi connectivity index (χ1) is 10.7. The van der Waals surface area contributed by atoms with E-state index in [-0.39, 0.29) is 5.82 Å². The first-order valence-corrected chi connectivity index (χ1v) is 8.08. The molecule has 0 amide bonds. The molecule has 1 heterocycles. The fourth-order valence-electron chi connectivity index (χ4n) is 2.25. The molecule has 0 aliphatic heterocycles. The van der Waals surface area contributed by atoms with Crippen molar-refractivity contribution >= 4 is 26.7 Å². The average Bonchev–Trinajstić information content (AvgIpc) is 2.88.